The van der Waals surface area contributed by atoms with Gasteiger partial charge in [0.2, 0.25) is 0 Å². The van der Waals surface area contributed by atoms with Gasteiger partial charge in [0.15, 0.2) is 0 Å². The molecule has 0 bridgehead atoms. The molecule has 0 aliphatic carbocycles. The summed E-state index contributed by atoms with van der Waals surface area (Å²) >= 11 is 0. The number of rotatable bonds is 2. The van der Waals surface area contributed by atoms with Crippen LogP contribution in [0.5, 0.6) is 0 Å². The Balaban J connectivity index is 2.31. The van der Waals surface area contributed by atoms with E-state index >= 15 is 0 Å². The van der Waals surface area contributed by atoms with Gasteiger partial charge in [0.1, 0.15) is 12.8 Å². The van der Waals surface area contributed by atoms with E-state index in [4.69, 9.17) is 0 Å². The smallest absolute Gasteiger partial charge is 0.305 e. The lowest BCUT2D eigenvalue weighted by molar-refractivity contribution is -0.372. The molecule has 9 heavy (non-hydrogen) atoms. The van der Waals surface area contributed by atoms with Crippen molar-refractivity contribution in [2.75, 3.05) is 19.6 Å². The second-order valence-corrected chi connectivity index (χ2v) is 4.39. The minimum absolute atomic E-state index is 0.0177. The SMILES string of the molecule is CCN1CC=[N+](CC)[SiH2]1. The van der Waals surface area contributed by atoms with E-state index in [9.17, 15) is 0 Å². The standard InChI is InChI=1S/C6H15N2Si/c1-3-7-5-6-8(4-2)9-7/h5H,3-4,6,9H2,1-2H3/q+1. The fraction of sp³-hybridized carbons (Fsp3) is 0.833. The molecule has 0 aromatic carbocycles. The lowest BCUT2D eigenvalue weighted by Gasteiger charge is -2.04. The molecule has 1 rings (SSSR count). The summed E-state index contributed by atoms with van der Waals surface area (Å²) in [7, 11) is -0.0177. The third-order valence-electron chi connectivity index (χ3n) is 1.83. The summed E-state index contributed by atoms with van der Waals surface area (Å²) in [6.45, 7) is 8.11. The Hall–Kier alpha value is -0.153. The number of nitrogens with zero attached hydrogens (tertiary/aromatic N) is 2. The first-order valence-electron chi connectivity index (χ1n) is 3.66. The molecule has 1 aliphatic rings. The molecule has 0 N–H and O–H groups in total. The molecule has 3 heteroatoms. The van der Waals surface area contributed by atoms with Gasteiger partial charge in [-0.3, -0.25) is 4.57 Å². The topological polar surface area (TPSA) is 6.25 Å². The first-order chi connectivity index (χ1) is 4.36. The van der Waals surface area contributed by atoms with Gasteiger partial charge in [-0.05, 0) is 13.5 Å². The van der Waals surface area contributed by atoms with Crippen molar-refractivity contribution in [3.05, 3.63) is 0 Å². The van der Waals surface area contributed by atoms with Crippen molar-refractivity contribution in [1.82, 2.24) is 4.57 Å². The molecule has 0 aromatic rings. The van der Waals surface area contributed by atoms with Crippen molar-refractivity contribution in [2.24, 2.45) is 0 Å². The third-order valence-corrected chi connectivity index (χ3v) is 4.01. The molecule has 0 fully saturated rings. The van der Waals surface area contributed by atoms with Crippen LogP contribution in [-0.4, -0.2) is 44.5 Å². The molecular weight excluding hydrogens is 128 g/mol. The van der Waals surface area contributed by atoms with E-state index in [2.05, 4.69) is 28.9 Å². The average Bonchev–Trinajstić information content (AvgIpc) is 2.34. The van der Waals surface area contributed by atoms with Gasteiger partial charge in [-0.25, -0.2) is 0 Å². The summed E-state index contributed by atoms with van der Waals surface area (Å²) in [6, 6.07) is 0. The number of hydrogen-bond donors (Lipinski definition) is 0. The minimum Gasteiger partial charge on any atom is -0.305 e. The Morgan fingerprint density at radius 2 is 2.44 bits per heavy atom. The van der Waals surface area contributed by atoms with Crippen molar-refractivity contribution >= 4 is 16.1 Å². The third kappa shape index (κ3) is 1.63. The highest BCUT2D eigenvalue weighted by atomic mass is 28.2. The normalized spacial score (nSPS) is 23.1. The van der Waals surface area contributed by atoms with E-state index in [1.165, 1.54) is 19.6 Å². The maximum absolute atomic E-state index is 2.55. The molecule has 52 valence electrons. The zero-order valence-corrected chi connectivity index (χ0v) is 7.71. The number of hydrogen-bond acceptors (Lipinski definition) is 1. The zero-order chi connectivity index (χ0) is 6.69. The van der Waals surface area contributed by atoms with Crippen molar-refractivity contribution in [2.45, 2.75) is 13.8 Å². The lowest BCUT2D eigenvalue weighted by atomic mass is 10.6. The molecule has 1 heterocycles. The summed E-state index contributed by atoms with van der Waals surface area (Å²) in [5.41, 5.74) is 0. The highest BCUT2D eigenvalue weighted by Gasteiger charge is 2.17. The Kier molecular flexibility index (Phi) is 2.42. The summed E-state index contributed by atoms with van der Waals surface area (Å²) < 4.78 is 5.02. The Morgan fingerprint density at radius 3 is 2.78 bits per heavy atom. The summed E-state index contributed by atoms with van der Waals surface area (Å²) in [5, 5.41) is 0. The van der Waals surface area contributed by atoms with E-state index in [0.717, 1.165) is 0 Å². The van der Waals surface area contributed by atoms with E-state index in [-0.39, 0.29) is 9.84 Å². The van der Waals surface area contributed by atoms with Crippen molar-refractivity contribution in [3.63, 3.8) is 0 Å². The second-order valence-electron chi connectivity index (χ2n) is 2.40. The molecule has 0 aromatic heterocycles. The lowest BCUT2D eigenvalue weighted by Crippen LogP contribution is -2.28. The van der Waals surface area contributed by atoms with Gasteiger partial charge >= 0.3 is 9.84 Å². The van der Waals surface area contributed by atoms with Gasteiger partial charge in [0.25, 0.3) is 0 Å². The maximum Gasteiger partial charge on any atom is 0.412 e. The molecule has 0 unspecified atom stereocenters. The molecule has 0 saturated heterocycles. The van der Waals surface area contributed by atoms with Gasteiger partial charge < -0.3 is 4.24 Å². The Bertz CT molecular complexity index is 122. The van der Waals surface area contributed by atoms with Crippen LogP contribution in [0.3, 0.4) is 0 Å². The predicted molar refractivity (Wildman–Crippen MR) is 42.7 cm³/mol. The van der Waals surface area contributed by atoms with Crippen LogP contribution >= 0.6 is 0 Å². The highest BCUT2D eigenvalue weighted by Crippen LogP contribution is 1.89. The molecule has 1 aliphatic heterocycles. The Labute approximate surface area is 59.2 Å². The predicted octanol–water partition coefficient (Wildman–Crippen LogP) is -0.576. The molecule has 0 amide bonds. The largest absolute Gasteiger partial charge is 0.412 e. The molecule has 2 nitrogen and oxygen atoms in total. The molecule has 0 atom stereocenters. The van der Waals surface area contributed by atoms with Crippen LogP contribution in [-0.2, 0) is 0 Å². The quantitative estimate of drug-likeness (QED) is 0.469. The summed E-state index contributed by atoms with van der Waals surface area (Å²) in [6.07, 6.45) is 2.33. The van der Waals surface area contributed by atoms with Crippen LogP contribution in [0.2, 0.25) is 0 Å². The van der Waals surface area contributed by atoms with Crippen molar-refractivity contribution in [1.29, 1.82) is 0 Å². The van der Waals surface area contributed by atoms with Gasteiger partial charge in [-0.15, -0.1) is 0 Å². The molecule has 0 radical (unpaired) electrons. The fourth-order valence-electron chi connectivity index (χ4n) is 1.06. The van der Waals surface area contributed by atoms with Crippen LogP contribution < -0.4 is 0 Å². The average molecular weight is 143 g/mol. The monoisotopic (exact) mass is 143 g/mol. The minimum atomic E-state index is -0.0177. The highest BCUT2D eigenvalue weighted by molar-refractivity contribution is 6.24. The van der Waals surface area contributed by atoms with Crippen LogP contribution in [0.15, 0.2) is 0 Å². The molecular formula is C6H15N2Si+. The summed E-state index contributed by atoms with van der Waals surface area (Å²) in [5.74, 6) is 0. The van der Waals surface area contributed by atoms with Crippen LogP contribution in [0, 0.1) is 0 Å². The van der Waals surface area contributed by atoms with Crippen molar-refractivity contribution in [3.8, 4) is 0 Å². The van der Waals surface area contributed by atoms with Crippen LogP contribution in [0.4, 0.5) is 0 Å². The Morgan fingerprint density at radius 1 is 1.67 bits per heavy atom. The second kappa shape index (κ2) is 3.13. The molecule has 0 saturated carbocycles. The van der Waals surface area contributed by atoms with Gasteiger partial charge in [0, 0.05) is 0 Å². The van der Waals surface area contributed by atoms with E-state index in [0.29, 0.717) is 0 Å². The fourth-order valence-corrected chi connectivity index (χ4v) is 2.44. The van der Waals surface area contributed by atoms with Crippen molar-refractivity contribution < 1.29 is 4.24 Å². The zero-order valence-electron chi connectivity index (χ0n) is 6.30. The van der Waals surface area contributed by atoms with Gasteiger partial charge in [0.05, 0.1) is 6.54 Å². The van der Waals surface area contributed by atoms with E-state index in [1.807, 2.05) is 0 Å². The van der Waals surface area contributed by atoms with E-state index < -0.39 is 0 Å². The van der Waals surface area contributed by atoms with E-state index in [1.54, 1.807) is 0 Å². The van der Waals surface area contributed by atoms with Crippen LogP contribution in [0.1, 0.15) is 13.8 Å². The first kappa shape index (κ1) is 6.96. The maximum atomic E-state index is 2.55. The first-order valence-corrected chi connectivity index (χ1v) is 4.93. The van der Waals surface area contributed by atoms with Gasteiger partial charge in [-0.1, -0.05) is 6.92 Å². The molecule has 0 spiro atoms. The summed E-state index contributed by atoms with van der Waals surface area (Å²) in [4.78, 5) is 0. The van der Waals surface area contributed by atoms with Gasteiger partial charge in [-0.2, -0.15) is 0 Å². The van der Waals surface area contributed by atoms with Crippen LogP contribution in [0.25, 0.3) is 0 Å².